The van der Waals surface area contributed by atoms with E-state index in [1.54, 1.807) is 6.07 Å². The van der Waals surface area contributed by atoms with E-state index in [4.69, 9.17) is 18.8 Å². The molecule has 0 bridgehead atoms. The topological polar surface area (TPSA) is 90.7 Å². The van der Waals surface area contributed by atoms with Crippen molar-refractivity contribution in [2.24, 2.45) is 0 Å². The largest absolute Gasteiger partial charge is 0.433 e. The van der Waals surface area contributed by atoms with E-state index in [1.807, 2.05) is 24.5 Å². The predicted octanol–water partition coefficient (Wildman–Crippen LogP) is 11.4. The summed E-state index contributed by atoms with van der Waals surface area (Å²) >= 11 is 0. The average Bonchev–Trinajstić information content (AvgIpc) is 3.83. The summed E-state index contributed by atoms with van der Waals surface area (Å²) in [4.78, 5) is 23.5. The van der Waals surface area contributed by atoms with E-state index in [-0.39, 0.29) is 0 Å². The first kappa shape index (κ1) is 28.6. The number of nitrogens with zero attached hydrogens (tertiary/aromatic N) is 5. The van der Waals surface area contributed by atoms with Gasteiger partial charge in [-0.05, 0) is 78.5 Å². The molecule has 0 radical (unpaired) electrons. The molecule has 52 heavy (non-hydrogen) atoms. The summed E-state index contributed by atoms with van der Waals surface area (Å²) in [5.41, 5.74) is 7.35. The quantitative estimate of drug-likeness (QED) is 0.172. The monoisotopic (exact) mass is 667 g/mol. The van der Waals surface area contributed by atoms with Gasteiger partial charge in [0, 0.05) is 29.6 Å². The number of benzene rings is 6. The minimum atomic E-state index is 0.378. The lowest BCUT2D eigenvalue weighted by Crippen LogP contribution is -1.88. The normalized spacial score (nSPS) is 11.8. The smallest absolute Gasteiger partial charge is 0.247 e. The van der Waals surface area contributed by atoms with Crippen LogP contribution in [0, 0.1) is 0 Å². The standard InChI is InChI=1S/C45H25N5O2/c1-3-11-30-26(9-1)21-36(34-15-7-5-13-32(30)34)28-17-19-38(46-24-28)44-49-42-40(51-44)23-41-43(48-42)50-45(52-41)39-20-18-29(25-47-39)37-22-27-10-2-4-12-31(27)33-14-6-8-16-35(33)37/h1-25H. The van der Waals surface area contributed by atoms with Gasteiger partial charge in [-0.1, -0.05) is 109 Å². The molecule has 0 N–H and O–H groups in total. The summed E-state index contributed by atoms with van der Waals surface area (Å²) in [7, 11) is 0. The third kappa shape index (κ3) is 4.50. The summed E-state index contributed by atoms with van der Waals surface area (Å²) in [6, 6.07) is 48.1. The molecule has 0 saturated heterocycles. The first-order chi connectivity index (χ1) is 25.7. The van der Waals surface area contributed by atoms with Gasteiger partial charge < -0.3 is 8.83 Å². The Balaban J connectivity index is 0.903. The van der Waals surface area contributed by atoms with Gasteiger partial charge in [0.25, 0.3) is 0 Å². The van der Waals surface area contributed by atoms with Crippen molar-refractivity contribution < 1.29 is 8.83 Å². The highest BCUT2D eigenvalue weighted by Gasteiger charge is 2.18. The Kier molecular flexibility index (Phi) is 6.12. The Bertz CT molecular complexity index is 2920. The maximum atomic E-state index is 6.14. The number of aromatic nitrogens is 5. The number of rotatable bonds is 4. The van der Waals surface area contributed by atoms with Gasteiger partial charge in [0.05, 0.1) is 0 Å². The number of hydrogen-bond donors (Lipinski definition) is 0. The van der Waals surface area contributed by atoms with Gasteiger partial charge in [0.15, 0.2) is 11.2 Å². The van der Waals surface area contributed by atoms with Crippen LogP contribution in [0.1, 0.15) is 0 Å². The van der Waals surface area contributed by atoms with Crippen LogP contribution in [0.15, 0.2) is 161 Å². The Labute approximate surface area is 295 Å². The van der Waals surface area contributed by atoms with Crippen molar-refractivity contribution in [3.05, 3.63) is 152 Å². The summed E-state index contributed by atoms with van der Waals surface area (Å²) in [6.07, 6.45) is 3.74. The molecule has 0 aliphatic rings. The fourth-order valence-corrected chi connectivity index (χ4v) is 7.38. The second-order valence-electron chi connectivity index (χ2n) is 12.9. The highest BCUT2D eigenvalue weighted by molar-refractivity contribution is 6.14. The Morgan fingerprint density at radius 2 is 0.788 bits per heavy atom. The molecule has 7 heteroatoms. The van der Waals surface area contributed by atoms with Crippen molar-refractivity contribution >= 4 is 65.6 Å². The van der Waals surface area contributed by atoms with Crippen LogP contribution in [-0.4, -0.2) is 24.9 Å². The molecule has 0 fully saturated rings. The highest BCUT2D eigenvalue weighted by atomic mass is 16.4. The molecule has 0 unspecified atom stereocenters. The van der Waals surface area contributed by atoms with E-state index in [0.29, 0.717) is 45.6 Å². The summed E-state index contributed by atoms with van der Waals surface area (Å²) < 4.78 is 12.3. The summed E-state index contributed by atoms with van der Waals surface area (Å²) in [5, 5.41) is 9.64. The molecule has 6 aromatic carbocycles. The number of fused-ring (bicyclic) bond motifs is 8. The van der Waals surface area contributed by atoms with Crippen LogP contribution >= 0.6 is 0 Å². The molecule has 242 valence electrons. The van der Waals surface area contributed by atoms with Crippen molar-refractivity contribution in [1.82, 2.24) is 24.9 Å². The maximum absolute atomic E-state index is 6.14. The number of pyridine rings is 3. The van der Waals surface area contributed by atoms with Crippen molar-refractivity contribution in [2.75, 3.05) is 0 Å². The van der Waals surface area contributed by atoms with Crippen LogP contribution in [0.5, 0.6) is 0 Å². The zero-order chi connectivity index (χ0) is 34.2. The molecule has 7 nitrogen and oxygen atoms in total. The molecule has 0 saturated carbocycles. The first-order valence-corrected chi connectivity index (χ1v) is 17.1. The fraction of sp³-hybridized carbons (Fsp3) is 0. The lowest BCUT2D eigenvalue weighted by Gasteiger charge is -2.11. The summed E-state index contributed by atoms with van der Waals surface area (Å²) in [6.45, 7) is 0. The highest BCUT2D eigenvalue weighted by Crippen LogP contribution is 2.37. The van der Waals surface area contributed by atoms with E-state index in [1.165, 1.54) is 43.1 Å². The number of oxazole rings is 2. The Morgan fingerprint density at radius 3 is 1.23 bits per heavy atom. The van der Waals surface area contributed by atoms with Crippen LogP contribution < -0.4 is 0 Å². The molecule has 0 aliphatic heterocycles. The molecule has 0 spiro atoms. The molecular formula is C45H25N5O2. The second-order valence-corrected chi connectivity index (χ2v) is 12.9. The fourth-order valence-electron chi connectivity index (χ4n) is 7.38. The predicted molar refractivity (Wildman–Crippen MR) is 207 cm³/mol. The summed E-state index contributed by atoms with van der Waals surface area (Å²) in [5.74, 6) is 0.757. The minimum absolute atomic E-state index is 0.378. The van der Waals surface area contributed by atoms with Gasteiger partial charge in [-0.3, -0.25) is 9.97 Å². The van der Waals surface area contributed by atoms with E-state index in [9.17, 15) is 0 Å². The molecular weight excluding hydrogens is 643 g/mol. The molecule has 0 atom stereocenters. The SMILES string of the molecule is c1ccc2c(c1)cc(-c1ccc(-c3nc4nc5nc(-c6ccc(-c7cc8ccccc8c8ccccc78)cn6)oc5cc4o3)nc1)c1ccccc12. The van der Waals surface area contributed by atoms with Crippen molar-refractivity contribution in [2.45, 2.75) is 0 Å². The third-order valence-corrected chi connectivity index (χ3v) is 9.87. The van der Waals surface area contributed by atoms with Crippen LogP contribution in [0.3, 0.4) is 0 Å². The first-order valence-electron chi connectivity index (χ1n) is 17.1. The van der Waals surface area contributed by atoms with Crippen LogP contribution in [0.25, 0.3) is 111 Å². The third-order valence-electron chi connectivity index (χ3n) is 9.87. The lowest BCUT2D eigenvalue weighted by molar-refractivity contribution is 0.606. The van der Waals surface area contributed by atoms with Gasteiger partial charge in [-0.15, -0.1) is 0 Å². The molecule has 5 aromatic heterocycles. The number of hydrogen-bond acceptors (Lipinski definition) is 7. The van der Waals surface area contributed by atoms with Gasteiger partial charge in [0.2, 0.25) is 23.1 Å². The van der Waals surface area contributed by atoms with Crippen molar-refractivity contribution in [3.8, 4) is 45.4 Å². The Morgan fingerprint density at radius 1 is 0.365 bits per heavy atom. The second kappa shape index (κ2) is 11.1. The van der Waals surface area contributed by atoms with E-state index >= 15 is 0 Å². The molecule has 0 amide bonds. The zero-order valence-electron chi connectivity index (χ0n) is 27.5. The van der Waals surface area contributed by atoms with Crippen molar-refractivity contribution in [1.29, 1.82) is 0 Å². The maximum Gasteiger partial charge on any atom is 0.247 e. The average molecular weight is 668 g/mol. The zero-order valence-corrected chi connectivity index (χ0v) is 27.5. The van der Waals surface area contributed by atoms with E-state index < -0.39 is 0 Å². The Hall–Kier alpha value is -7.25. The van der Waals surface area contributed by atoms with Gasteiger partial charge in [0.1, 0.15) is 11.4 Å². The van der Waals surface area contributed by atoms with Crippen LogP contribution in [0.2, 0.25) is 0 Å². The molecule has 11 rings (SSSR count). The molecule has 11 aromatic rings. The molecule has 0 aliphatic carbocycles. The van der Waals surface area contributed by atoms with Gasteiger partial charge in [-0.2, -0.15) is 9.97 Å². The minimum Gasteiger partial charge on any atom is -0.433 e. The van der Waals surface area contributed by atoms with Gasteiger partial charge >= 0.3 is 0 Å². The van der Waals surface area contributed by atoms with Gasteiger partial charge in [-0.25, -0.2) is 4.98 Å². The van der Waals surface area contributed by atoms with Crippen LogP contribution in [0.4, 0.5) is 0 Å². The van der Waals surface area contributed by atoms with E-state index in [2.05, 4.69) is 136 Å². The van der Waals surface area contributed by atoms with Crippen LogP contribution in [-0.2, 0) is 0 Å². The molecule has 5 heterocycles. The van der Waals surface area contributed by atoms with Crippen molar-refractivity contribution in [3.63, 3.8) is 0 Å². The van der Waals surface area contributed by atoms with E-state index in [0.717, 1.165) is 22.3 Å². The lowest BCUT2D eigenvalue weighted by atomic mass is 9.94.